The number of carbonyl (C=O) groups is 2. The molecule has 0 aromatic carbocycles. The molecule has 0 saturated carbocycles. The number of aliphatic hydroxyl groups is 4. The molecule has 2 unspecified atom stereocenters. The molecule has 0 aliphatic rings. The highest BCUT2D eigenvalue weighted by Gasteiger charge is 2.27. The van der Waals surface area contributed by atoms with E-state index in [4.69, 9.17) is 19.1 Å². The fraction of sp³-hybridized carbons (Fsp3) is 0.767. The van der Waals surface area contributed by atoms with Crippen LogP contribution in [0.3, 0.4) is 0 Å². The molecule has 0 rings (SSSR count). The zero-order chi connectivity index (χ0) is 41.7. The van der Waals surface area contributed by atoms with Crippen molar-refractivity contribution in [2.24, 2.45) is 5.92 Å². The summed E-state index contributed by atoms with van der Waals surface area (Å²) in [7, 11) is -4.69. The third-order valence-electron chi connectivity index (χ3n) is 9.24. The number of phosphoric acid groups is 1. The van der Waals surface area contributed by atoms with E-state index in [1.54, 1.807) is 0 Å². The summed E-state index contributed by atoms with van der Waals surface area (Å²) in [6.45, 7) is 4.25. The van der Waals surface area contributed by atoms with Crippen molar-refractivity contribution >= 4 is 19.8 Å². The lowest BCUT2D eigenvalue weighted by Gasteiger charge is -2.20. The van der Waals surface area contributed by atoms with Gasteiger partial charge in [-0.3, -0.25) is 18.6 Å². The molecule has 13 heteroatoms. The first-order chi connectivity index (χ1) is 26.9. The zero-order valence-electron chi connectivity index (χ0n) is 34.7. The van der Waals surface area contributed by atoms with E-state index in [1.807, 2.05) is 18.2 Å². The van der Waals surface area contributed by atoms with Crippen molar-refractivity contribution in [2.45, 2.75) is 180 Å². The van der Waals surface area contributed by atoms with Gasteiger partial charge >= 0.3 is 19.8 Å². The Morgan fingerprint density at radius 3 is 1.71 bits per heavy atom. The maximum atomic E-state index is 12.6. The van der Waals surface area contributed by atoms with E-state index in [1.165, 1.54) is 51.4 Å². The standard InChI is InChI=1S/C43H77O12P/c1-4-6-7-8-9-10-11-12-16-19-22-25-29-40(46)41(47)30-27-32-42(48)52-35-39(36-54-56(50,51)53-34-38(45)33-44)55-43(49)31-26-23-20-17-14-13-15-18-21-24-28-37(3)5-2/h6-7,9-10,12,16,22,25,37-41,44-47H,4-5,8,11,13-15,17-21,23-24,26-36H2,1-3H3,(H,50,51)/b7-6-,10-9-,16-12-,25-22-/t37?,38-,39+,40-,41-/m0/s1. The first kappa shape index (κ1) is 53.9. The van der Waals surface area contributed by atoms with Crippen molar-refractivity contribution in [1.82, 2.24) is 0 Å². The van der Waals surface area contributed by atoms with Gasteiger partial charge in [-0.2, -0.15) is 0 Å². The summed E-state index contributed by atoms with van der Waals surface area (Å²) >= 11 is 0. The molecule has 5 N–H and O–H groups in total. The molecule has 0 radical (unpaired) electrons. The normalized spacial score (nSPS) is 16.1. The molecule has 56 heavy (non-hydrogen) atoms. The van der Waals surface area contributed by atoms with Crippen LogP contribution in [0.4, 0.5) is 0 Å². The van der Waals surface area contributed by atoms with E-state index >= 15 is 0 Å². The fourth-order valence-corrected chi connectivity index (χ4v) is 6.26. The predicted molar refractivity (Wildman–Crippen MR) is 222 cm³/mol. The van der Waals surface area contributed by atoms with Crippen LogP contribution < -0.4 is 0 Å². The van der Waals surface area contributed by atoms with Gasteiger partial charge in [0.15, 0.2) is 6.10 Å². The van der Waals surface area contributed by atoms with E-state index in [2.05, 4.69) is 55.7 Å². The number of hydrogen-bond acceptors (Lipinski definition) is 11. The van der Waals surface area contributed by atoms with E-state index in [0.29, 0.717) is 12.8 Å². The second-order valence-corrected chi connectivity index (χ2v) is 16.0. The fourth-order valence-electron chi connectivity index (χ4n) is 5.47. The average Bonchev–Trinajstić information content (AvgIpc) is 3.18. The topological polar surface area (TPSA) is 189 Å². The highest BCUT2D eigenvalue weighted by Crippen LogP contribution is 2.43. The predicted octanol–water partition coefficient (Wildman–Crippen LogP) is 8.74. The molecule has 0 aromatic heterocycles. The number of rotatable bonds is 38. The van der Waals surface area contributed by atoms with E-state index in [9.17, 15) is 34.4 Å². The average molecular weight is 817 g/mol. The van der Waals surface area contributed by atoms with Crippen LogP contribution in [0.1, 0.15) is 156 Å². The van der Waals surface area contributed by atoms with Gasteiger partial charge in [0.25, 0.3) is 0 Å². The molecular weight excluding hydrogens is 739 g/mol. The van der Waals surface area contributed by atoms with Crippen LogP contribution in [0.5, 0.6) is 0 Å². The Morgan fingerprint density at radius 1 is 0.625 bits per heavy atom. The summed E-state index contributed by atoms with van der Waals surface area (Å²) in [6, 6.07) is 0. The van der Waals surface area contributed by atoms with Crippen LogP contribution in [0.25, 0.3) is 0 Å². The number of phosphoric ester groups is 1. The highest BCUT2D eigenvalue weighted by molar-refractivity contribution is 7.47. The molecular formula is C43H77O12P. The number of hydrogen-bond donors (Lipinski definition) is 5. The number of esters is 2. The molecule has 0 aliphatic heterocycles. The van der Waals surface area contributed by atoms with Crippen molar-refractivity contribution < 1.29 is 58.0 Å². The lowest BCUT2D eigenvalue weighted by atomic mass is 9.99. The first-order valence-corrected chi connectivity index (χ1v) is 22.6. The molecule has 326 valence electrons. The summed E-state index contributed by atoms with van der Waals surface area (Å²) in [5.74, 6) is -0.395. The minimum atomic E-state index is -4.69. The summed E-state index contributed by atoms with van der Waals surface area (Å²) < 4.78 is 32.5. The minimum Gasteiger partial charge on any atom is -0.462 e. The van der Waals surface area contributed by atoms with Crippen LogP contribution in [-0.4, -0.2) is 88.1 Å². The molecule has 0 spiro atoms. The highest BCUT2D eigenvalue weighted by atomic mass is 31.2. The van der Waals surface area contributed by atoms with Gasteiger partial charge in [0.05, 0.1) is 32.0 Å². The Bertz CT molecular complexity index is 1120. The summed E-state index contributed by atoms with van der Waals surface area (Å²) in [4.78, 5) is 35.0. The van der Waals surface area contributed by atoms with Crippen molar-refractivity contribution in [3.8, 4) is 0 Å². The third-order valence-corrected chi connectivity index (χ3v) is 10.2. The first-order valence-electron chi connectivity index (χ1n) is 21.2. The van der Waals surface area contributed by atoms with Crippen LogP contribution >= 0.6 is 7.82 Å². The lowest BCUT2D eigenvalue weighted by molar-refractivity contribution is -0.161. The Morgan fingerprint density at radius 2 is 1.14 bits per heavy atom. The van der Waals surface area contributed by atoms with E-state index < -0.39 is 70.6 Å². The number of carbonyl (C=O) groups excluding carboxylic acids is 2. The largest absolute Gasteiger partial charge is 0.472 e. The van der Waals surface area contributed by atoms with E-state index in [0.717, 1.165) is 44.4 Å². The SMILES string of the molecule is CC/C=C\C/C=C\C/C=C\C/C=C\C[C@H](O)[C@@H](O)CCCC(=O)OC[C@H](COP(=O)(O)OC[C@@H](O)CO)OC(=O)CCCCCCCCCCCCC(C)CC. The molecule has 6 atom stereocenters. The van der Waals surface area contributed by atoms with E-state index in [-0.39, 0.29) is 32.1 Å². The number of unbranched alkanes of at least 4 members (excludes halogenated alkanes) is 9. The summed E-state index contributed by atoms with van der Waals surface area (Å²) in [5.41, 5.74) is 0. The van der Waals surface area contributed by atoms with Gasteiger partial charge in [0.2, 0.25) is 0 Å². The monoisotopic (exact) mass is 817 g/mol. The number of allylic oxidation sites excluding steroid dienone is 7. The van der Waals surface area contributed by atoms with Crippen molar-refractivity contribution in [2.75, 3.05) is 26.4 Å². The minimum absolute atomic E-state index is 0.0752. The van der Waals surface area contributed by atoms with Crippen molar-refractivity contribution in [3.63, 3.8) is 0 Å². The van der Waals surface area contributed by atoms with Gasteiger partial charge in [0, 0.05) is 12.8 Å². The van der Waals surface area contributed by atoms with Crippen LogP contribution in [0, 0.1) is 5.92 Å². The molecule has 12 nitrogen and oxygen atoms in total. The lowest BCUT2D eigenvalue weighted by Crippen LogP contribution is -2.30. The van der Waals surface area contributed by atoms with Crippen molar-refractivity contribution in [3.05, 3.63) is 48.6 Å². The van der Waals surface area contributed by atoms with Gasteiger partial charge in [-0.05, 0) is 57.3 Å². The molecule has 0 saturated heterocycles. The Balaban J connectivity index is 4.57. The zero-order valence-corrected chi connectivity index (χ0v) is 35.6. The molecule has 0 aliphatic carbocycles. The van der Waals surface area contributed by atoms with Gasteiger partial charge in [0.1, 0.15) is 12.7 Å². The molecule has 0 amide bonds. The second kappa shape index (κ2) is 37.1. The molecule has 0 bridgehead atoms. The number of aliphatic hydroxyl groups excluding tert-OH is 4. The van der Waals surface area contributed by atoms with Gasteiger partial charge in [-0.15, -0.1) is 0 Å². The maximum absolute atomic E-state index is 12.6. The van der Waals surface area contributed by atoms with Crippen LogP contribution in [0.2, 0.25) is 0 Å². The Kier molecular flexibility index (Phi) is 35.7. The van der Waals surface area contributed by atoms with Gasteiger partial charge in [-0.25, -0.2) is 4.57 Å². The molecule has 0 heterocycles. The van der Waals surface area contributed by atoms with Gasteiger partial charge < -0.3 is 34.8 Å². The molecule has 0 aromatic rings. The Hall–Kier alpha value is -2.15. The summed E-state index contributed by atoms with van der Waals surface area (Å²) in [6.07, 6.45) is 29.7. The van der Waals surface area contributed by atoms with Crippen LogP contribution in [0.15, 0.2) is 48.6 Å². The van der Waals surface area contributed by atoms with Crippen LogP contribution in [-0.2, 0) is 32.7 Å². The quantitative estimate of drug-likeness (QED) is 0.0173. The Labute approximate surface area is 338 Å². The third kappa shape index (κ3) is 35.0. The number of ether oxygens (including phenoxy) is 2. The van der Waals surface area contributed by atoms with Crippen molar-refractivity contribution in [1.29, 1.82) is 0 Å². The smallest absolute Gasteiger partial charge is 0.462 e. The maximum Gasteiger partial charge on any atom is 0.472 e. The van der Waals surface area contributed by atoms with Gasteiger partial charge in [-0.1, -0.05) is 140 Å². The molecule has 0 fully saturated rings. The second-order valence-electron chi connectivity index (χ2n) is 14.5. The summed E-state index contributed by atoms with van der Waals surface area (Å²) in [5, 5.41) is 38.9.